The molecule has 0 atom stereocenters. The van der Waals surface area contributed by atoms with Gasteiger partial charge in [0.2, 0.25) is 5.91 Å². The minimum Gasteiger partial charge on any atom is -0.335 e. The summed E-state index contributed by atoms with van der Waals surface area (Å²) in [6.45, 7) is 2.30. The first kappa shape index (κ1) is 16.6. The Bertz CT molecular complexity index is 485. The fraction of sp³-hybridized carbons (Fsp3) is 0.562. The average Bonchev–Trinajstić information content (AvgIpc) is 2.89. The van der Waals surface area contributed by atoms with Gasteiger partial charge in [-0.05, 0) is 24.5 Å². The number of carbonyl (C=O) groups excluding carboxylic acids is 1. The molecule has 1 aromatic rings. The number of hydrogen-bond acceptors (Lipinski definition) is 2. The van der Waals surface area contributed by atoms with Crippen LogP contribution in [0.15, 0.2) is 24.3 Å². The van der Waals surface area contributed by atoms with Crippen molar-refractivity contribution in [3.63, 3.8) is 0 Å². The maximum Gasteiger partial charge on any atom is 0.228 e. The lowest BCUT2D eigenvalue weighted by Crippen LogP contribution is -2.53. The fourth-order valence-electron chi connectivity index (χ4n) is 3.11. The highest BCUT2D eigenvalue weighted by Crippen LogP contribution is 2.28. The number of nitrogens with zero attached hydrogens (tertiary/aromatic N) is 1. The van der Waals surface area contributed by atoms with Crippen LogP contribution < -0.4 is 5.32 Å². The molecule has 0 bridgehead atoms. The minimum atomic E-state index is 0. The molecular weight excluding hydrogens is 307 g/mol. The van der Waals surface area contributed by atoms with Gasteiger partial charge in [0, 0.05) is 30.7 Å². The van der Waals surface area contributed by atoms with E-state index < -0.39 is 0 Å². The van der Waals surface area contributed by atoms with E-state index in [9.17, 15) is 4.79 Å². The highest BCUT2D eigenvalue weighted by atomic mass is 35.5. The van der Waals surface area contributed by atoms with Gasteiger partial charge in [0.15, 0.2) is 0 Å². The standard InChI is InChI=1S/C16H21ClN2O.ClH/c17-15-8-4-1-5-12(15)11-19(14-6-2-3-7-14)16(20)13-9-18-10-13;/h1,4-5,8,13-14,18H,2-3,6-7,9-11H2;1H. The molecule has 0 radical (unpaired) electrons. The van der Waals surface area contributed by atoms with Crippen LogP contribution in [0.5, 0.6) is 0 Å². The van der Waals surface area contributed by atoms with Crippen molar-refractivity contribution in [3.8, 4) is 0 Å². The zero-order chi connectivity index (χ0) is 13.9. The Kier molecular flexibility index (Phi) is 5.91. The first-order valence-corrected chi connectivity index (χ1v) is 7.88. The Morgan fingerprint density at radius 1 is 1.24 bits per heavy atom. The molecule has 5 heteroatoms. The Balaban J connectivity index is 0.00000161. The van der Waals surface area contributed by atoms with Gasteiger partial charge in [-0.25, -0.2) is 0 Å². The molecule has 1 aromatic carbocycles. The second kappa shape index (κ2) is 7.48. The molecule has 1 heterocycles. The van der Waals surface area contributed by atoms with E-state index in [0.717, 1.165) is 36.5 Å². The van der Waals surface area contributed by atoms with Gasteiger partial charge in [-0.3, -0.25) is 4.79 Å². The summed E-state index contributed by atoms with van der Waals surface area (Å²) in [6.07, 6.45) is 4.74. The third-order valence-electron chi connectivity index (χ3n) is 4.48. The third kappa shape index (κ3) is 3.71. The summed E-state index contributed by atoms with van der Waals surface area (Å²) < 4.78 is 0. The normalized spacial score (nSPS) is 18.9. The molecule has 0 spiro atoms. The van der Waals surface area contributed by atoms with Gasteiger partial charge in [-0.1, -0.05) is 42.6 Å². The molecule has 0 unspecified atom stereocenters. The van der Waals surface area contributed by atoms with Gasteiger partial charge in [-0.15, -0.1) is 12.4 Å². The van der Waals surface area contributed by atoms with E-state index in [0.29, 0.717) is 18.5 Å². The minimum absolute atomic E-state index is 0. The molecule has 3 rings (SSSR count). The summed E-state index contributed by atoms with van der Waals surface area (Å²) in [5.74, 6) is 0.466. The predicted molar refractivity (Wildman–Crippen MR) is 87.9 cm³/mol. The zero-order valence-corrected chi connectivity index (χ0v) is 13.6. The first-order chi connectivity index (χ1) is 9.75. The average molecular weight is 329 g/mol. The maximum atomic E-state index is 12.7. The zero-order valence-electron chi connectivity index (χ0n) is 12.1. The van der Waals surface area contributed by atoms with E-state index in [4.69, 9.17) is 11.6 Å². The van der Waals surface area contributed by atoms with Crippen LogP contribution in [0.2, 0.25) is 5.02 Å². The van der Waals surface area contributed by atoms with E-state index in [-0.39, 0.29) is 18.3 Å². The van der Waals surface area contributed by atoms with Crippen molar-refractivity contribution in [2.45, 2.75) is 38.3 Å². The van der Waals surface area contributed by atoms with E-state index in [2.05, 4.69) is 10.2 Å². The van der Waals surface area contributed by atoms with E-state index in [1.54, 1.807) is 0 Å². The molecule has 1 saturated carbocycles. The Morgan fingerprint density at radius 2 is 1.90 bits per heavy atom. The van der Waals surface area contributed by atoms with Crippen LogP contribution in [0.4, 0.5) is 0 Å². The number of benzene rings is 1. The first-order valence-electron chi connectivity index (χ1n) is 7.50. The van der Waals surface area contributed by atoms with Crippen LogP contribution in [0.1, 0.15) is 31.2 Å². The quantitative estimate of drug-likeness (QED) is 0.920. The van der Waals surface area contributed by atoms with Gasteiger partial charge < -0.3 is 10.2 Å². The van der Waals surface area contributed by atoms with Crippen LogP contribution in [-0.4, -0.2) is 29.9 Å². The van der Waals surface area contributed by atoms with Gasteiger partial charge >= 0.3 is 0 Å². The van der Waals surface area contributed by atoms with Crippen molar-refractivity contribution in [2.24, 2.45) is 5.92 Å². The highest BCUT2D eigenvalue weighted by molar-refractivity contribution is 6.31. The largest absolute Gasteiger partial charge is 0.335 e. The summed E-state index contributed by atoms with van der Waals surface area (Å²) in [4.78, 5) is 14.8. The maximum absolute atomic E-state index is 12.7. The van der Waals surface area contributed by atoms with E-state index in [1.807, 2.05) is 24.3 Å². The van der Waals surface area contributed by atoms with Crippen LogP contribution in [0.25, 0.3) is 0 Å². The van der Waals surface area contributed by atoms with Crippen molar-refractivity contribution in [1.29, 1.82) is 0 Å². The molecule has 3 nitrogen and oxygen atoms in total. The van der Waals surface area contributed by atoms with Crippen LogP contribution in [0.3, 0.4) is 0 Å². The number of halogens is 2. The second-order valence-electron chi connectivity index (χ2n) is 5.85. The molecule has 1 amide bonds. The topological polar surface area (TPSA) is 32.3 Å². The van der Waals surface area contributed by atoms with Crippen molar-refractivity contribution in [1.82, 2.24) is 10.2 Å². The second-order valence-corrected chi connectivity index (χ2v) is 6.26. The molecule has 1 aliphatic carbocycles. The van der Waals surface area contributed by atoms with Gasteiger partial charge in [0.05, 0.1) is 5.92 Å². The third-order valence-corrected chi connectivity index (χ3v) is 4.85. The van der Waals surface area contributed by atoms with E-state index >= 15 is 0 Å². The molecule has 2 aliphatic rings. The molecule has 0 aromatic heterocycles. The van der Waals surface area contributed by atoms with Crippen molar-refractivity contribution in [3.05, 3.63) is 34.9 Å². The molecule has 1 saturated heterocycles. The van der Waals surface area contributed by atoms with Crippen LogP contribution in [-0.2, 0) is 11.3 Å². The van der Waals surface area contributed by atoms with Crippen molar-refractivity contribution in [2.75, 3.05) is 13.1 Å². The predicted octanol–water partition coefficient (Wildman–Crippen LogP) is 3.25. The molecule has 116 valence electrons. The summed E-state index contributed by atoms with van der Waals surface area (Å²) in [5, 5.41) is 3.95. The lowest BCUT2D eigenvalue weighted by molar-refractivity contribution is -0.140. The highest BCUT2D eigenvalue weighted by Gasteiger charge is 2.34. The summed E-state index contributed by atoms with van der Waals surface area (Å²) in [6, 6.07) is 8.25. The number of amides is 1. The molecule has 1 N–H and O–H groups in total. The van der Waals surface area contributed by atoms with Crippen molar-refractivity contribution >= 4 is 29.9 Å². The van der Waals surface area contributed by atoms with Crippen LogP contribution >= 0.6 is 24.0 Å². The van der Waals surface area contributed by atoms with Gasteiger partial charge in [0.1, 0.15) is 0 Å². The lowest BCUT2D eigenvalue weighted by Gasteiger charge is -2.36. The number of hydrogen-bond donors (Lipinski definition) is 1. The van der Waals surface area contributed by atoms with Gasteiger partial charge in [0.25, 0.3) is 0 Å². The molecular formula is C16H22Cl2N2O. The Morgan fingerprint density at radius 3 is 2.48 bits per heavy atom. The molecule has 1 aliphatic heterocycles. The summed E-state index contributed by atoms with van der Waals surface area (Å²) >= 11 is 6.26. The molecule has 2 fully saturated rings. The smallest absolute Gasteiger partial charge is 0.228 e. The number of carbonyl (C=O) groups is 1. The SMILES string of the molecule is Cl.O=C(C1CNC1)N(Cc1ccccc1Cl)C1CCCC1. The fourth-order valence-corrected chi connectivity index (χ4v) is 3.31. The molecule has 21 heavy (non-hydrogen) atoms. The lowest BCUT2D eigenvalue weighted by atomic mass is 9.99. The number of nitrogens with one attached hydrogen (secondary N) is 1. The van der Waals surface area contributed by atoms with Crippen LogP contribution in [0, 0.1) is 5.92 Å². The van der Waals surface area contributed by atoms with Crippen molar-refractivity contribution < 1.29 is 4.79 Å². The summed E-state index contributed by atoms with van der Waals surface area (Å²) in [7, 11) is 0. The Labute approximate surface area is 137 Å². The summed E-state index contributed by atoms with van der Waals surface area (Å²) in [5.41, 5.74) is 1.06. The van der Waals surface area contributed by atoms with E-state index in [1.165, 1.54) is 12.8 Å². The van der Waals surface area contributed by atoms with Gasteiger partial charge in [-0.2, -0.15) is 0 Å². The monoisotopic (exact) mass is 328 g/mol. The Hall–Kier alpha value is -0.770. The number of rotatable bonds is 4.